The van der Waals surface area contributed by atoms with Crippen LogP contribution in [0.2, 0.25) is 0 Å². The van der Waals surface area contributed by atoms with Crippen molar-refractivity contribution >= 4 is 12.0 Å². The molecular formula is C13H17NO3. The number of ether oxygens (including phenoxy) is 1. The lowest BCUT2D eigenvalue weighted by molar-refractivity contribution is -0.162. The molecule has 92 valence electrons. The summed E-state index contributed by atoms with van der Waals surface area (Å²) in [5.74, 6) is 0.510. The van der Waals surface area contributed by atoms with Gasteiger partial charge >= 0.3 is 0 Å². The molecular weight excluding hydrogens is 218 g/mol. The summed E-state index contributed by atoms with van der Waals surface area (Å²) >= 11 is 0. The minimum absolute atomic E-state index is 0.226. The number of hydroxylamine groups is 2. The highest BCUT2D eigenvalue weighted by Crippen LogP contribution is 2.20. The van der Waals surface area contributed by atoms with E-state index in [0.29, 0.717) is 0 Å². The van der Waals surface area contributed by atoms with Gasteiger partial charge in [-0.05, 0) is 25.1 Å². The predicted molar refractivity (Wildman–Crippen MR) is 66.5 cm³/mol. The number of carbonyl (C=O) groups is 1. The van der Waals surface area contributed by atoms with Crippen LogP contribution in [0, 0.1) is 6.92 Å². The van der Waals surface area contributed by atoms with Gasteiger partial charge in [0.2, 0.25) is 0 Å². The molecule has 0 aromatic heterocycles. The molecule has 1 amide bonds. The van der Waals surface area contributed by atoms with Gasteiger partial charge in [0.1, 0.15) is 5.75 Å². The summed E-state index contributed by atoms with van der Waals surface area (Å²) in [4.78, 5) is 16.3. The molecule has 0 aliphatic carbocycles. The standard InChI is InChI=1S/C13H17NO3/c1-10-5-7-12(16-3)11(9-10)6-8-13(15)14(2)17-4/h5-9H,1-4H3/b8-6+. The van der Waals surface area contributed by atoms with Gasteiger partial charge in [-0.15, -0.1) is 0 Å². The Hall–Kier alpha value is -1.81. The molecule has 1 aromatic rings. The maximum atomic E-state index is 11.5. The predicted octanol–water partition coefficient (Wildman–Crippen LogP) is 2.04. The van der Waals surface area contributed by atoms with Gasteiger partial charge in [-0.3, -0.25) is 9.63 Å². The molecule has 17 heavy (non-hydrogen) atoms. The topological polar surface area (TPSA) is 38.8 Å². The van der Waals surface area contributed by atoms with Crippen LogP contribution < -0.4 is 4.74 Å². The normalized spacial score (nSPS) is 10.6. The van der Waals surface area contributed by atoms with Gasteiger partial charge < -0.3 is 4.74 Å². The third-order valence-electron chi connectivity index (χ3n) is 2.37. The largest absolute Gasteiger partial charge is 0.496 e. The lowest BCUT2D eigenvalue weighted by Crippen LogP contribution is -2.22. The Morgan fingerprint density at radius 1 is 1.35 bits per heavy atom. The highest BCUT2D eigenvalue weighted by atomic mass is 16.7. The van der Waals surface area contributed by atoms with Crippen molar-refractivity contribution in [2.45, 2.75) is 6.92 Å². The van der Waals surface area contributed by atoms with Gasteiger partial charge in [0.15, 0.2) is 0 Å². The Morgan fingerprint density at radius 3 is 2.65 bits per heavy atom. The van der Waals surface area contributed by atoms with Gasteiger partial charge in [-0.25, -0.2) is 5.06 Å². The van der Waals surface area contributed by atoms with Crippen molar-refractivity contribution in [1.82, 2.24) is 5.06 Å². The Labute approximate surface area is 101 Å². The number of benzene rings is 1. The van der Waals surface area contributed by atoms with Crippen LogP contribution in [0.4, 0.5) is 0 Å². The van der Waals surface area contributed by atoms with Gasteiger partial charge in [-0.2, -0.15) is 0 Å². The van der Waals surface area contributed by atoms with Crippen LogP contribution in [0.5, 0.6) is 5.75 Å². The lowest BCUT2D eigenvalue weighted by atomic mass is 10.1. The van der Waals surface area contributed by atoms with E-state index in [1.54, 1.807) is 20.2 Å². The molecule has 0 heterocycles. The number of rotatable bonds is 4. The van der Waals surface area contributed by atoms with Crippen LogP contribution in [0.1, 0.15) is 11.1 Å². The summed E-state index contributed by atoms with van der Waals surface area (Å²) in [6.45, 7) is 1.99. The third kappa shape index (κ3) is 3.60. The molecule has 0 saturated heterocycles. The van der Waals surface area contributed by atoms with E-state index in [1.165, 1.54) is 13.2 Å². The van der Waals surface area contributed by atoms with Crippen LogP contribution in [0.3, 0.4) is 0 Å². The Balaban J connectivity index is 2.90. The SMILES string of the molecule is COc1ccc(C)cc1/C=C/C(=O)N(C)OC. The van der Waals surface area contributed by atoms with Crippen LogP contribution in [0.15, 0.2) is 24.3 Å². The summed E-state index contributed by atoms with van der Waals surface area (Å²) in [6, 6.07) is 5.79. The number of hydrogen-bond acceptors (Lipinski definition) is 3. The van der Waals surface area contributed by atoms with Crippen molar-refractivity contribution in [3.8, 4) is 5.75 Å². The van der Waals surface area contributed by atoms with Gasteiger partial charge in [0.25, 0.3) is 5.91 Å². The van der Waals surface area contributed by atoms with Crippen molar-refractivity contribution in [2.24, 2.45) is 0 Å². The molecule has 0 bridgehead atoms. The number of carbonyl (C=O) groups excluding carboxylic acids is 1. The fourth-order valence-corrected chi connectivity index (χ4v) is 1.34. The first kappa shape index (κ1) is 13.3. The van der Waals surface area contributed by atoms with Crippen LogP contribution in [-0.4, -0.2) is 32.2 Å². The summed E-state index contributed by atoms with van der Waals surface area (Å²) in [6.07, 6.45) is 3.16. The highest BCUT2D eigenvalue weighted by Gasteiger charge is 2.04. The molecule has 0 fully saturated rings. The highest BCUT2D eigenvalue weighted by molar-refractivity contribution is 5.91. The zero-order valence-corrected chi connectivity index (χ0v) is 10.6. The zero-order chi connectivity index (χ0) is 12.8. The molecule has 0 unspecified atom stereocenters. The first-order chi connectivity index (χ1) is 8.08. The quantitative estimate of drug-likeness (QED) is 0.592. The third-order valence-corrected chi connectivity index (χ3v) is 2.37. The minimum Gasteiger partial charge on any atom is -0.496 e. The van der Waals surface area contributed by atoms with Gasteiger partial charge in [-0.1, -0.05) is 11.6 Å². The fraction of sp³-hybridized carbons (Fsp3) is 0.308. The van der Waals surface area contributed by atoms with Crippen LogP contribution in [-0.2, 0) is 9.63 Å². The monoisotopic (exact) mass is 235 g/mol. The maximum absolute atomic E-state index is 11.5. The summed E-state index contributed by atoms with van der Waals surface area (Å²) in [5.41, 5.74) is 1.98. The van der Waals surface area contributed by atoms with Crippen LogP contribution >= 0.6 is 0 Å². The van der Waals surface area contributed by atoms with E-state index in [1.807, 2.05) is 25.1 Å². The fourth-order valence-electron chi connectivity index (χ4n) is 1.34. The Morgan fingerprint density at radius 2 is 2.06 bits per heavy atom. The second-order valence-corrected chi connectivity index (χ2v) is 3.60. The molecule has 0 radical (unpaired) electrons. The van der Waals surface area contributed by atoms with E-state index >= 15 is 0 Å². The second kappa shape index (κ2) is 6.06. The van der Waals surface area contributed by atoms with Crippen molar-refractivity contribution in [1.29, 1.82) is 0 Å². The minimum atomic E-state index is -0.226. The first-order valence-corrected chi connectivity index (χ1v) is 5.23. The number of methoxy groups -OCH3 is 1. The molecule has 0 atom stereocenters. The smallest absolute Gasteiger partial charge is 0.269 e. The average molecular weight is 235 g/mol. The zero-order valence-electron chi connectivity index (χ0n) is 10.6. The number of nitrogens with zero attached hydrogens (tertiary/aromatic N) is 1. The maximum Gasteiger partial charge on any atom is 0.269 e. The van der Waals surface area contributed by atoms with E-state index in [-0.39, 0.29) is 5.91 Å². The first-order valence-electron chi connectivity index (χ1n) is 5.23. The Kier molecular flexibility index (Phi) is 4.72. The Bertz CT molecular complexity index is 427. The van der Waals surface area contributed by atoms with Gasteiger partial charge in [0, 0.05) is 18.7 Å². The number of aryl methyl sites for hydroxylation is 1. The summed E-state index contributed by atoms with van der Waals surface area (Å²) in [7, 11) is 4.60. The van der Waals surface area contributed by atoms with Crippen molar-refractivity contribution in [2.75, 3.05) is 21.3 Å². The molecule has 0 saturated carbocycles. The van der Waals surface area contributed by atoms with Crippen molar-refractivity contribution in [3.63, 3.8) is 0 Å². The van der Waals surface area contributed by atoms with Crippen molar-refractivity contribution < 1.29 is 14.4 Å². The molecule has 0 spiro atoms. The average Bonchev–Trinajstić information content (AvgIpc) is 2.35. The van der Waals surface area contributed by atoms with E-state index < -0.39 is 0 Å². The summed E-state index contributed by atoms with van der Waals surface area (Å²) in [5, 5.41) is 1.15. The molecule has 0 aliphatic heterocycles. The van der Waals surface area contributed by atoms with Crippen molar-refractivity contribution in [3.05, 3.63) is 35.4 Å². The second-order valence-electron chi connectivity index (χ2n) is 3.60. The number of amides is 1. The molecule has 4 heteroatoms. The molecule has 4 nitrogen and oxygen atoms in total. The number of hydrogen-bond donors (Lipinski definition) is 0. The van der Waals surface area contributed by atoms with Crippen LogP contribution in [0.25, 0.3) is 6.08 Å². The number of likely N-dealkylation sites (N-methyl/N-ethyl adjacent to an activating group) is 1. The molecule has 1 aromatic carbocycles. The lowest BCUT2D eigenvalue weighted by Gasteiger charge is -2.10. The van der Waals surface area contributed by atoms with E-state index in [0.717, 1.165) is 21.9 Å². The molecule has 0 N–H and O–H groups in total. The molecule has 1 rings (SSSR count). The van der Waals surface area contributed by atoms with E-state index in [4.69, 9.17) is 9.57 Å². The van der Waals surface area contributed by atoms with Gasteiger partial charge in [0.05, 0.1) is 14.2 Å². The van der Waals surface area contributed by atoms with E-state index in [2.05, 4.69) is 0 Å². The summed E-state index contributed by atoms with van der Waals surface area (Å²) < 4.78 is 5.21. The molecule has 0 aliphatic rings. The van der Waals surface area contributed by atoms with E-state index in [9.17, 15) is 4.79 Å².